The Morgan fingerprint density at radius 1 is 1.33 bits per heavy atom. The topological polar surface area (TPSA) is 45.7 Å². The molecule has 144 valence electrons. The molecule has 1 aliphatic rings. The van der Waals surface area contributed by atoms with Gasteiger partial charge in [0.05, 0.1) is 10.6 Å². The van der Waals surface area contributed by atoms with Gasteiger partial charge < -0.3 is 9.64 Å². The molecule has 0 radical (unpaired) electrons. The minimum absolute atomic E-state index is 0.0712. The summed E-state index contributed by atoms with van der Waals surface area (Å²) in [6.45, 7) is 5.25. The van der Waals surface area contributed by atoms with Crippen LogP contribution in [0.25, 0.3) is 0 Å². The van der Waals surface area contributed by atoms with Gasteiger partial charge in [0, 0.05) is 26.2 Å². The van der Waals surface area contributed by atoms with Crippen molar-refractivity contribution in [3.8, 4) is 5.88 Å². The Bertz CT molecular complexity index is 810. The Kier molecular flexibility index (Phi) is 6.29. The van der Waals surface area contributed by atoms with Crippen molar-refractivity contribution in [2.24, 2.45) is 0 Å². The van der Waals surface area contributed by atoms with Crippen LogP contribution in [0.3, 0.4) is 0 Å². The van der Waals surface area contributed by atoms with Crippen LogP contribution in [0.15, 0.2) is 36.4 Å². The number of likely N-dealkylation sites (tertiary alicyclic amines) is 1. The number of nitrogens with zero attached hydrogens (tertiary/aromatic N) is 3. The zero-order chi connectivity index (χ0) is 19.4. The Labute approximate surface area is 163 Å². The highest BCUT2D eigenvalue weighted by molar-refractivity contribution is 6.34. The summed E-state index contributed by atoms with van der Waals surface area (Å²) in [5.41, 5.74) is 0.223. The number of piperidine rings is 1. The number of hydrogen-bond acceptors (Lipinski definition) is 4. The maximum Gasteiger partial charge on any atom is 0.260 e. The first-order chi connectivity index (χ1) is 13.0. The molecule has 0 atom stereocenters. The molecule has 1 aliphatic heterocycles. The molecule has 1 aromatic heterocycles. The summed E-state index contributed by atoms with van der Waals surface area (Å²) in [6, 6.07) is 9.02. The molecular weight excluding hydrogens is 369 g/mol. The molecule has 0 saturated carbocycles. The number of amides is 1. The van der Waals surface area contributed by atoms with Crippen molar-refractivity contribution in [1.82, 2.24) is 9.88 Å². The molecule has 0 aliphatic carbocycles. The van der Waals surface area contributed by atoms with Gasteiger partial charge in [0.15, 0.2) is 0 Å². The maximum absolute atomic E-state index is 13.2. The van der Waals surface area contributed by atoms with Gasteiger partial charge in [-0.05, 0) is 43.7 Å². The molecule has 3 rings (SSSR count). The zero-order valence-corrected chi connectivity index (χ0v) is 16.2. The third-order valence-electron chi connectivity index (χ3n) is 4.79. The molecule has 0 bridgehead atoms. The SMILES string of the molecule is CCN1CCC(Oc2cccc(N(C)C(=O)c3ccc(F)cc3Cl)n2)CC1. The van der Waals surface area contributed by atoms with E-state index >= 15 is 0 Å². The van der Waals surface area contributed by atoms with Crippen LogP contribution in [0, 0.1) is 5.82 Å². The van der Waals surface area contributed by atoms with Crippen molar-refractivity contribution in [2.75, 3.05) is 31.6 Å². The number of carbonyl (C=O) groups excluding carboxylic acids is 1. The summed E-state index contributed by atoms with van der Waals surface area (Å²) in [5.74, 6) is 0.0962. The van der Waals surface area contributed by atoms with E-state index in [1.165, 1.54) is 17.0 Å². The standard InChI is InChI=1S/C20H23ClFN3O2/c1-3-25-11-9-15(10-12-25)27-19-6-4-5-18(23-19)24(2)20(26)16-8-7-14(22)13-17(16)21/h4-8,13,15H,3,9-12H2,1-2H3. The average Bonchev–Trinajstić information content (AvgIpc) is 2.68. The van der Waals surface area contributed by atoms with Gasteiger partial charge in [-0.1, -0.05) is 24.6 Å². The van der Waals surface area contributed by atoms with Gasteiger partial charge in [0.1, 0.15) is 17.7 Å². The molecule has 0 N–H and O–H groups in total. The van der Waals surface area contributed by atoms with Gasteiger partial charge in [-0.15, -0.1) is 0 Å². The lowest BCUT2D eigenvalue weighted by Crippen LogP contribution is -2.38. The second-order valence-corrected chi connectivity index (χ2v) is 6.98. The molecule has 0 spiro atoms. The van der Waals surface area contributed by atoms with Crippen molar-refractivity contribution in [2.45, 2.75) is 25.9 Å². The number of benzene rings is 1. The van der Waals surface area contributed by atoms with E-state index in [2.05, 4.69) is 16.8 Å². The van der Waals surface area contributed by atoms with Gasteiger partial charge >= 0.3 is 0 Å². The summed E-state index contributed by atoms with van der Waals surface area (Å²) < 4.78 is 19.2. The minimum atomic E-state index is -0.484. The van der Waals surface area contributed by atoms with Gasteiger partial charge in [-0.2, -0.15) is 4.98 Å². The summed E-state index contributed by atoms with van der Waals surface area (Å²) in [6.07, 6.45) is 2.04. The quantitative estimate of drug-likeness (QED) is 0.772. The Morgan fingerprint density at radius 3 is 2.74 bits per heavy atom. The van der Waals surface area contributed by atoms with Crippen molar-refractivity contribution in [3.63, 3.8) is 0 Å². The van der Waals surface area contributed by atoms with E-state index in [9.17, 15) is 9.18 Å². The van der Waals surface area contributed by atoms with Crippen molar-refractivity contribution >= 4 is 23.3 Å². The summed E-state index contributed by atoms with van der Waals surface area (Å²) in [5, 5.41) is 0.0712. The highest BCUT2D eigenvalue weighted by Crippen LogP contribution is 2.23. The van der Waals surface area contributed by atoms with E-state index in [4.69, 9.17) is 16.3 Å². The molecule has 1 amide bonds. The number of aromatic nitrogens is 1. The summed E-state index contributed by atoms with van der Waals surface area (Å²) >= 11 is 6.00. The monoisotopic (exact) mass is 391 g/mol. The number of halogens is 2. The molecule has 1 aromatic carbocycles. The molecule has 7 heteroatoms. The number of anilines is 1. The van der Waals surface area contributed by atoms with Crippen LogP contribution in [0.4, 0.5) is 10.2 Å². The van der Waals surface area contributed by atoms with Crippen LogP contribution < -0.4 is 9.64 Å². The zero-order valence-electron chi connectivity index (χ0n) is 15.5. The molecule has 1 fully saturated rings. The van der Waals surface area contributed by atoms with Gasteiger partial charge in [-0.25, -0.2) is 4.39 Å². The van der Waals surface area contributed by atoms with E-state index in [0.29, 0.717) is 11.7 Å². The number of ether oxygens (including phenoxy) is 1. The summed E-state index contributed by atoms with van der Waals surface area (Å²) in [7, 11) is 1.61. The number of rotatable bonds is 5. The molecular formula is C20H23ClFN3O2. The molecule has 2 aromatic rings. The lowest BCUT2D eigenvalue weighted by molar-refractivity contribution is 0.0985. The summed E-state index contributed by atoms with van der Waals surface area (Å²) in [4.78, 5) is 20.9. The lowest BCUT2D eigenvalue weighted by atomic mass is 10.1. The maximum atomic E-state index is 13.2. The van der Waals surface area contributed by atoms with Crippen molar-refractivity contribution in [1.29, 1.82) is 0 Å². The molecule has 0 unspecified atom stereocenters. The number of carbonyl (C=O) groups is 1. The Balaban J connectivity index is 1.70. The normalized spacial score (nSPS) is 15.6. The van der Waals surface area contributed by atoms with Crippen LogP contribution in [0.5, 0.6) is 5.88 Å². The predicted octanol–water partition coefficient (Wildman–Crippen LogP) is 4.01. The van der Waals surface area contributed by atoms with E-state index in [-0.39, 0.29) is 22.6 Å². The fraction of sp³-hybridized carbons (Fsp3) is 0.400. The van der Waals surface area contributed by atoms with E-state index in [1.54, 1.807) is 25.2 Å². The Hall–Kier alpha value is -2.18. The van der Waals surface area contributed by atoms with E-state index < -0.39 is 5.82 Å². The number of hydrogen-bond donors (Lipinski definition) is 0. The third-order valence-corrected chi connectivity index (χ3v) is 5.10. The van der Waals surface area contributed by atoms with Crippen LogP contribution >= 0.6 is 11.6 Å². The minimum Gasteiger partial charge on any atom is -0.474 e. The molecule has 1 saturated heterocycles. The van der Waals surface area contributed by atoms with Crippen LogP contribution in [0.2, 0.25) is 5.02 Å². The molecule has 27 heavy (non-hydrogen) atoms. The highest BCUT2D eigenvalue weighted by Gasteiger charge is 2.21. The van der Waals surface area contributed by atoms with Crippen molar-refractivity contribution < 1.29 is 13.9 Å². The van der Waals surface area contributed by atoms with Gasteiger partial charge in [-0.3, -0.25) is 9.69 Å². The van der Waals surface area contributed by atoms with Crippen LogP contribution in [0.1, 0.15) is 30.1 Å². The smallest absolute Gasteiger partial charge is 0.260 e. The fourth-order valence-electron chi connectivity index (χ4n) is 3.12. The van der Waals surface area contributed by atoms with Crippen LogP contribution in [-0.4, -0.2) is 48.6 Å². The average molecular weight is 392 g/mol. The van der Waals surface area contributed by atoms with Gasteiger partial charge in [0.25, 0.3) is 5.91 Å². The largest absolute Gasteiger partial charge is 0.474 e. The van der Waals surface area contributed by atoms with E-state index in [1.807, 2.05) is 0 Å². The molecule has 5 nitrogen and oxygen atoms in total. The first kappa shape index (κ1) is 19.6. The fourth-order valence-corrected chi connectivity index (χ4v) is 3.37. The second kappa shape index (κ2) is 8.67. The van der Waals surface area contributed by atoms with Crippen LogP contribution in [-0.2, 0) is 0 Å². The van der Waals surface area contributed by atoms with Gasteiger partial charge in [0.2, 0.25) is 5.88 Å². The van der Waals surface area contributed by atoms with E-state index in [0.717, 1.165) is 38.5 Å². The first-order valence-corrected chi connectivity index (χ1v) is 9.45. The predicted molar refractivity (Wildman–Crippen MR) is 104 cm³/mol. The Morgan fingerprint density at radius 2 is 2.07 bits per heavy atom. The molecule has 2 heterocycles. The number of pyridine rings is 1. The van der Waals surface area contributed by atoms with Crippen molar-refractivity contribution in [3.05, 3.63) is 52.8 Å². The first-order valence-electron chi connectivity index (χ1n) is 9.07. The second-order valence-electron chi connectivity index (χ2n) is 6.57. The third kappa shape index (κ3) is 4.76. The highest BCUT2D eigenvalue weighted by atomic mass is 35.5. The lowest BCUT2D eigenvalue weighted by Gasteiger charge is -2.31.